The van der Waals surface area contributed by atoms with Crippen molar-refractivity contribution < 1.29 is 9.53 Å². The van der Waals surface area contributed by atoms with E-state index in [1.54, 1.807) is 17.0 Å². The van der Waals surface area contributed by atoms with Gasteiger partial charge in [-0.2, -0.15) is 0 Å². The van der Waals surface area contributed by atoms with E-state index in [9.17, 15) is 4.79 Å². The molecule has 0 aliphatic carbocycles. The lowest BCUT2D eigenvalue weighted by molar-refractivity contribution is 0.0977. The molecule has 0 radical (unpaired) electrons. The van der Waals surface area contributed by atoms with Crippen molar-refractivity contribution in [3.8, 4) is 5.88 Å². The van der Waals surface area contributed by atoms with Crippen molar-refractivity contribution in [3.05, 3.63) is 42.1 Å². The number of anilines is 2. The molecule has 0 unspecified atom stereocenters. The van der Waals surface area contributed by atoms with Crippen molar-refractivity contribution in [3.63, 3.8) is 0 Å². The maximum Gasteiger partial charge on any atom is 0.278 e. The van der Waals surface area contributed by atoms with Gasteiger partial charge in [-0.25, -0.2) is 0 Å². The highest BCUT2D eigenvalue weighted by molar-refractivity contribution is 6.07. The third kappa shape index (κ3) is 2.97. The minimum absolute atomic E-state index is 0.153. The lowest BCUT2D eigenvalue weighted by atomic mass is 9.99. The summed E-state index contributed by atoms with van der Waals surface area (Å²) in [5.74, 6) is 0.641. The van der Waals surface area contributed by atoms with Gasteiger partial charge in [-0.3, -0.25) is 4.79 Å². The number of amides is 1. The van der Waals surface area contributed by atoms with Crippen LogP contribution in [0.4, 0.5) is 11.4 Å². The Morgan fingerprint density at radius 1 is 1.26 bits per heavy atom. The lowest BCUT2D eigenvalue weighted by Crippen LogP contribution is -2.47. The van der Waals surface area contributed by atoms with Gasteiger partial charge in [0.15, 0.2) is 5.69 Å². The predicted molar refractivity (Wildman–Crippen MR) is 89.0 cm³/mol. The molecule has 0 saturated carbocycles. The number of carbonyl (C=O) groups is 1. The van der Waals surface area contributed by atoms with Gasteiger partial charge in [0.2, 0.25) is 5.88 Å². The van der Waals surface area contributed by atoms with Crippen molar-refractivity contribution in [2.24, 2.45) is 5.92 Å². The summed E-state index contributed by atoms with van der Waals surface area (Å²) >= 11 is 0. The van der Waals surface area contributed by atoms with Crippen LogP contribution in [0, 0.1) is 5.92 Å². The molecule has 1 atom stereocenters. The van der Waals surface area contributed by atoms with Crippen LogP contribution in [0.2, 0.25) is 0 Å². The molecule has 1 aliphatic heterocycles. The average Bonchev–Trinajstić information content (AvgIpc) is 2.60. The lowest BCUT2D eigenvalue weighted by Gasteiger charge is -2.37. The first-order valence-electron chi connectivity index (χ1n) is 7.65. The third-order valence-electron chi connectivity index (χ3n) is 4.03. The minimum atomic E-state index is -0.153. The van der Waals surface area contributed by atoms with E-state index in [1.807, 2.05) is 24.3 Å². The van der Waals surface area contributed by atoms with Crippen LogP contribution in [0.25, 0.3) is 0 Å². The van der Waals surface area contributed by atoms with Gasteiger partial charge in [-0.05, 0) is 24.1 Å². The molecule has 0 bridgehead atoms. The Labute approximate surface area is 135 Å². The average molecular weight is 312 g/mol. The van der Waals surface area contributed by atoms with Gasteiger partial charge < -0.3 is 15.0 Å². The van der Waals surface area contributed by atoms with Crippen LogP contribution < -0.4 is 15.0 Å². The quantitative estimate of drug-likeness (QED) is 0.943. The van der Waals surface area contributed by atoms with Crippen molar-refractivity contribution >= 4 is 17.3 Å². The fourth-order valence-electron chi connectivity index (χ4n) is 2.62. The summed E-state index contributed by atoms with van der Waals surface area (Å²) in [5.41, 5.74) is 2.14. The van der Waals surface area contributed by atoms with E-state index >= 15 is 0 Å². The third-order valence-corrected chi connectivity index (χ3v) is 4.03. The molecule has 6 heteroatoms. The first-order valence-corrected chi connectivity index (χ1v) is 7.65. The zero-order valence-corrected chi connectivity index (χ0v) is 13.5. The monoisotopic (exact) mass is 312 g/mol. The Balaban J connectivity index is 1.94. The van der Waals surface area contributed by atoms with Gasteiger partial charge in [-0.15, -0.1) is 10.2 Å². The molecule has 0 saturated heterocycles. The Morgan fingerprint density at radius 3 is 2.70 bits per heavy atom. The van der Waals surface area contributed by atoms with E-state index in [1.165, 1.54) is 7.11 Å². The molecule has 120 valence electrons. The number of para-hydroxylation sites is 2. The van der Waals surface area contributed by atoms with E-state index in [-0.39, 0.29) is 11.9 Å². The summed E-state index contributed by atoms with van der Waals surface area (Å²) in [6, 6.07) is 11.3. The molecule has 0 fully saturated rings. The van der Waals surface area contributed by atoms with E-state index in [2.05, 4.69) is 29.4 Å². The SMILES string of the molecule is COc1ccc(C(=O)N2C[C@@H](C(C)C)Nc3ccccc32)nn1. The maximum atomic E-state index is 12.9. The van der Waals surface area contributed by atoms with Crippen LogP contribution >= 0.6 is 0 Å². The predicted octanol–water partition coefficient (Wildman–Crippen LogP) is 2.58. The topological polar surface area (TPSA) is 67.3 Å². The molecular weight excluding hydrogens is 292 g/mol. The van der Waals surface area contributed by atoms with Crippen LogP contribution in [0.3, 0.4) is 0 Å². The molecule has 3 rings (SSSR count). The maximum absolute atomic E-state index is 12.9. The number of methoxy groups -OCH3 is 1. The van der Waals surface area contributed by atoms with Gasteiger partial charge in [-0.1, -0.05) is 26.0 Å². The summed E-state index contributed by atoms with van der Waals surface area (Å²) in [6.07, 6.45) is 0. The molecule has 1 aromatic heterocycles. The molecule has 1 aromatic carbocycles. The molecule has 1 amide bonds. The normalized spacial score (nSPS) is 16.7. The van der Waals surface area contributed by atoms with Gasteiger partial charge in [0.05, 0.1) is 18.5 Å². The zero-order chi connectivity index (χ0) is 16.4. The molecule has 6 nitrogen and oxygen atoms in total. The summed E-state index contributed by atoms with van der Waals surface area (Å²) in [7, 11) is 1.52. The van der Waals surface area contributed by atoms with Crippen molar-refractivity contribution in [1.29, 1.82) is 0 Å². The first kappa shape index (κ1) is 15.3. The second kappa shape index (κ2) is 6.24. The molecule has 23 heavy (non-hydrogen) atoms. The Morgan fingerprint density at radius 2 is 2.04 bits per heavy atom. The van der Waals surface area contributed by atoms with E-state index < -0.39 is 0 Å². The number of hydrogen-bond donors (Lipinski definition) is 1. The van der Waals surface area contributed by atoms with Gasteiger partial charge in [0, 0.05) is 18.7 Å². The van der Waals surface area contributed by atoms with Crippen LogP contribution in [-0.2, 0) is 0 Å². The highest BCUT2D eigenvalue weighted by Crippen LogP contribution is 2.33. The molecule has 1 aliphatic rings. The smallest absolute Gasteiger partial charge is 0.278 e. The van der Waals surface area contributed by atoms with Crippen LogP contribution in [-0.4, -0.2) is 35.8 Å². The fraction of sp³-hybridized carbons (Fsp3) is 0.353. The van der Waals surface area contributed by atoms with Gasteiger partial charge >= 0.3 is 0 Å². The number of hydrogen-bond acceptors (Lipinski definition) is 5. The van der Waals surface area contributed by atoms with Crippen LogP contribution in [0.5, 0.6) is 5.88 Å². The number of aromatic nitrogens is 2. The highest BCUT2D eigenvalue weighted by atomic mass is 16.5. The number of carbonyl (C=O) groups excluding carboxylic acids is 1. The number of ether oxygens (including phenoxy) is 1. The summed E-state index contributed by atoms with van der Waals surface area (Å²) in [4.78, 5) is 14.7. The second-order valence-electron chi connectivity index (χ2n) is 5.89. The van der Waals surface area contributed by atoms with E-state index in [4.69, 9.17) is 4.74 Å². The van der Waals surface area contributed by atoms with Crippen molar-refractivity contribution in [2.45, 2.75) is 19.9 Å². The Hall–Kier alpha value is -2.63. The standard InChI is InChI=1S/C17H20N4O2/c1-11(2)14-10-21(15-7-5-4-6-12(15)18-14)17(22)13-8-9-16(23-3)20-19-13/h4-9,11,14,18H,10H2,1-3H3/t14-/m0/s1. The summed E-state index contributed by atoms with van der Waals surface area (Å²) in [5, 5.41) is 11.4. The van der Waals surface area contributed by atoms with Crippen LogP contribution in [0.15, 0.2) is 36.4 Å². The summed E-state index contributed by atoms with van der Waals surface area (Å²) in [6.45, 7) is 4.88. The fourth-order valence-corrected chi connectivity index (χ4v) is 2.62. The van der Waals surface area contributed by atoms with Crippen molar-refractivity contribution in [1.82, 2.24) is 10.2 Å². The number of rotatable bonds is 3. The second-order valence-corrected chi connectivity index (χ2v) is 5.89. The molecule has 2 aromatic rings. The Bertz CT molecular complexity index is 700. The number of fused-ring (bicyclic) bond motifs is 1. The van der Waals surface area contributed by atoms with Crippen LogP contribution in [0.1, 0.15) is 24.3 Å². The first-order chi connectivity index (χ1) is 11.1. The number of nitrogens with zero attached hydrogens (tertiary/aromatic N) is 3. The Kier molecular flexibility index (Phi) is 4.14. The minimum Gasteiger partial charge on any atom is -0.480 e. The van der Waals surface area contributed by atoms with E-state index in [0.29, 0.717) is 24.0 Å². The molecular formula is C17H20N4O2. The zero-order valence-electron chi connectivity index (χ0n) is 13.5. The van der Waals surface area contributed by atoms with Crippen molar-refractivity contribution in [2.75, 3.05) is 23.9 Å². The molecule has 1 N–H and O–H groups in total. The highest BCUT2D eigenvalue weighted by Gasteiger charge is 2.30. The number of nitrogens with one attached hydrogen (secondary N) is 1. The van der Waals surface area contributed by atoms with E-state index in [0.717, 1.165) is 11.4 Å². The number of benzene rings is 1. The molecule has 2 heterocycles. The molecule has 0 spiro atoms. The summed E-state index contributed by atoms with van der Waals surface area (Å²) < 4.78 is 4.99. The van der Waals surface area contributed by atoms with Gasteiger partial charge in [0.1, 0.15) is 0 Å². The largest absolute Gasteiger partial charge is 0.480 e. The van der Waals surface area contributed by atoms with Gasteiger partial charge in [0.25, 0.3) is 5.91 Å².